The molecule has 0 spiro atoms. The molecule has 0 bridgehead atoms. The molecule has 1 aliphatic heterocycles. The highest BCUT2D eigenvalue weighted by molar-refractivity contribution is 9.10. The van der Waals surface area contributed by atoms with Gasteiger partial charge in [-0.15, -0.1) is 0 Å². The molecule has 1 aromatic rings. The molecule has 1 aromatic carbocycles. The second kappa shape index (κ2) is 8.66. The highest BCUT2D eigenvalue weighted by Gasteiger charge is 2.33. The Bertz CT molecular complexity index is 799. The Hall–Kier alpha value is -2.61. The minimum atomic E-state index is -0.713. The Morgan fingerprint density at radius 3 is 2.31 bits per heavy atom. The summed E-state index contributed by atoms with van der Waals surface area (Å²) in [5.74, 6) is -2.02. The zero-order chi connectivity index (χ0) is 19.3. The van der Waals surface area contributed by atoms with Gasteiger partial charge in [-0.25, -0.2) is 14.4 Å². The zero-order valence-corrected chi connectivity index (χ0v) is 16.2. The van der Waals surface area contributed by atoms with Gasteiger partial charge in [-0.05, 0) is 23.8 Å². The van der Waals surface area contributed by atoms with Gasteiger partial charge in [0.2, 0.25) is 0 Å². The van der Waals surface area contributed by atoms with Crippen molar-refractivity contribution < 1.29 is 28.6 Å². The van der Waals surface area contributed by atoms with Gasteiger partial charge in [0.25, 0.3) is 0 Å². The summed E-state index contributed by atoms with van der Waals surface area (Å²) in [5.41, 5.74) is 1.26. The van der Waals surface area contributed by atoms with Crippen LogP contribution in [-0.4, -0.2) is 52.3 Å². The van der Waals surface area contributed by atoms with Gasteiger partial charge in [0.15, 0.2) is 0 Å². The molecule has 0 saturated heterocycles. The highest BCUT2D eigenvalue weighted by Crippen LogP contribution is 2.30. The number of ether oxygens (including phenoxy) is 3. The van der Waals surface area contributed by atoms with Gasteiger partial charge in [-0.1, -0.05) is 22.0 Å². The molecule has 0 N–H and O–H groups in total. The summed E-state index contributed by atoms with van der Waals surface area (Å²) in [6.45, 7) is 0.350. The fourth-order valence-electron chi connectivity index (χ4n) is 2.62. The van der Waals surface area contributed by atoms with Crippen LogP contribution in [0.1, 0.15) is 0 Å². The van der Waals surface area contributed by atoms with E-state index in [-0.39, 0.29) is 24.2 Å². The van der Waals surface area contributed by atoms with Crippen LogP contribution in [0.25, 0.3) is 0 Å². The van der Waals surface area contributed by atoms with Gasteiger partial charge in [0, 0.05) is 22.8 Å². The Labute approximate surface area is 159 Å². The molecule has 7 nitrogen and oxygen atoms in total. The number of carbonyl (C=O) groups excluding carboxylic acids is 3. The molecule has 0 aliphatic carbocycles. The Morgan fingerprint density at radius 1 is 1.04 bits per heavy atom. The average molecular weight is 424 g/mol. The van der Waals surface area contributed by atoms with Crippen LogP contribution < -0.4 is 4.90 Å². The summed E-state index contributed by atoms with van der Waals surface area (Å²) >= 11 is 3.41. The molecule has 8 heteroatoms. The minimum Gasteiger partial charge on any atom is -0.466 e. The molecule has 0 unspecified atom stereocenters. The number of methoxy groups -OCH3 is 3. The third-order valence-electron chi connectivity index (χ3n) is 3.82. The Kier molecular flexibility index (Phi) is 6.57. The van der Waals surface area contributed by atoms with Crippen LogP contribution in [0.5, 0.6) is 0 Å². The molecule has 1 aliphatic rings. The molecule has 0 amide bonds. The van der Waals surface area contributed by atoms with Crippen LogP contribution in [0, 0.1) is 0 Å². The molecule has 26 heavy (non-hydrogen) atoms. The number of nitrogens with zero attached hydrogens (tertiary/aromatic N) is 1. The van der Waals surface area contributed by atoms with Crippen molar-refractivity contribution in [1.29, 1.82) is 0 Å². The normalized spacial score (nSPS) is 15.7. The maximum atomic E-state index is 12.3. The first-order chi connectivity index (χ1) is 12.4. The van der Waals surface area contributed by atoms with Crippen molar-refractivity contribution in [2.24, 2.45) is 0 Å². The lowest BCUT2D eigenvalue weighted by atomic mass is 9.93. The second-order valence-electron chi connectivity index (χ2n) is 5.37. The average Bonchev–Trinajstić information content (AvgIpc) is 2.65. The lowest BCUT2D eigenvalue weighted by Gasteiger charge is -2.32. The van der Waals surface area contributed by atoms with Crippen molar-refractivity contribution in [2.45, 2.75) is 0 Å². The number of anilines is 1. The molecule has 2 rings (SSSR count). The van der Waals surface area contributed by atoms with Crippen LogP contribution >= 0.6 is 15.9 Å². The fourth-order valence-corrected chi connectivity index (χ4v) is 3.01. The molecular formula is C18H18BrNO6. The molecule has 0 aromatic heterocycles. The first-order valence-corrected chi connectivity index (χ1v) is 8.39. The molecular weight excluding hydrogens is 406 g/mol. The van der Waals surface area contributed by atoms with E-state index >= 15 is 0 Å². The summed E-state index contributed by atoms with van der Waals surface area (Å²) < 4.78 is 15.1. The minimum absolute atomic E-state index is 0.0241. The number of hydrogen-bond donors (Lipinski definition) is 0. The Morgan fingerprint density at radius 2 is 1.73 bits per heavy atom. The maximum absolute atomic E-state index is 12.3. The number of esters is 3. The number of hydrogen-bond acceptors (Lipinski definition) is 7. The van der Waals surface area contributed by atoms with Crippen LogP contribution in [0.15, 0.2) is 51.5 Å². The number of benzene rings is 1. The topological polar surface area (TPSA) is 82.1 Å². The SMILES string of the molecule is COC(=O)/C=C1\CN(c2cccc(Br)c2)CC(C(=O)OC)=C1C(=O)OC. The van der Waals surface area contributed by atoms with E-state index in [9.17, 15) is 14.4 Å². The third kappa shape index (κ3) is 4.32. The molecule has 1 heterocycles. The predicted molar refractivity (Wildman–Crippen MR) is 97.5 cm³/mol. The monoisotopic (exact) mass is 423 g/mol. The molecule has 0 saturated carbocycles. The fraction of sp³-hybridized carbons (Fsp3) is 0.278. The standard InChI is InChI=1S/C18H18BrNO6/c1-24-15(21)7-11-9-20(13-6-4-5-12(19)8-13)10-14(17(22)25-2)16(11)18(23)26-3/h4-8H,9-10H2,1-3H3/b11-7+. The van der Waals surface area contributed by atoms with Crippen molar-refractivity contribution in [3.05, 3.63) is 51.5 Å². The Balaban J connectivity index is 2.61. The van der Waals surface area contributed by atoms with E-state index in [1.807, 2.05) is 29.2 Å². The largest absolute Gasteiger partial charge is 0.466 e. The van der Waals surface area contributed by atoms with Crippen LogP contribution in [0.3, 0.4) is 0 Å². The number of halogens is 1. The predicted octanol–water partition coefficient (Wildman–Crippen LogP) is 2.01. The van der Waals surface area contributed by atoms with Crippen LogP contribution in [0.4, 0.5) is 5.69 Å². The second-order valence-corrected chi connectivity index (χ2v) is 6.28. The summed E-state index contributed by atoms with van der Waals surface area (Å²) in [6, 6.07) is 7.45. The van der Waals surface area contributed by atoms with E-state index in [2.05, 4.69) is 20.7 Å². The van der Waals surface area contributed by atoms with E-state index < -0.39 is 17.9 Å². The molecule has 0 atom stereocenters. The number of rotatable bonds is 4. The van der Waals surface area contributed by atoms with Gasteiger partial charge < -0.3 is 19.1 Å². The van der Waals surface area contributed by atoms with Crippen molar-refractivity contribution in [2.75, 3.05) is 39.3 Å². The zero-order valence-electron chi connectivity index (χ0n) is 14.6. The van der Waals surface area contributed by atoms with Crippen LogP contribution in [0.2, 0.25) is 0 Å². The molecule has 138 valence electrons. The van der Waals surface area contributed by atoms with Crippen molar-refractivity contribution in [1.82, 2.24) is 0 Å². The van der Waals surface area contributed by atoms with E-state index in [0.29, 0.717) is 5.57 Å². The lowest BCUT2D eigenvalue weighted by Crippen LogP contribution is -2.38. The summed E-state index contributed by atoms with van der Waals surface area (Å²) in [4.78, 5) is 38.2. The number of carbonyl (C=O) groups is 3. The van der Waals surface area contributed by atoms with E-state index in [4.69, 9.17) is 9.47 Å². The third-order valence-corrected chi connectivity index (χ3v) is 4.31. The smallest absolute Gasteiger partial charge is 0.338 e. The first kappa shape index (κ1) is 19.7. The quantitative estimate of drug-likeness (QED) is 0.416. The molecule has 0 fully saturated rings. The first-order valence-electron chi connectivity index (χ1n) is 7.60. The van der Waals surface area contributed by atoms with Gasteiger partial charge >= 0.3 is 17.9 Å². The van der Waals surface area contributed by atoms with Crippen molar-refractivity contribution in [3.8, 4) is 0 Å². The van der Waals surface area contributed by atoms with Gasteiger partial charge in [-0.2, -0.15) is 0 Å². The van der Waals surface area contributed by atoms with Gasteiger partial charge in [0.1, 0.15) is 0 Å². The van der Waals surface area contributed by atoms with E-state index in [1.165, 1.54) is 27.4 Å². The summed E-state index contributed by atoms with van der Waals surface area (Å²) in [6.07, 6.45) is 1.18. The van der Waals surface area contributed by atoms with Gasteiger partial charge in [-0.3, -0.25) is 0 Å². The summed E-state index contributed by atoms with van der Waals surface area (Å²) in [7, 11) is 3.67. The van der Waals surface area contributed by atoms with Crippen molar-refractivity contribution >= 4 is 39.5 Å². The highest BCUT2D eigenvalue weighted by atomic mass is 79.9. The van der Waals surface area contributed by atoms with Crippen LogP contribution in [-0.2, 0) is 28.6 Å². The van der Waals surface area contributed by atoms with Gasteiger partial charge in [0.05, 0.1) is 39.0 Å². The van der Waals surface area contributed by atoms with Crippen molar-refractivity contribution in [3.63, 3.8) is 0 Å². The van der Waals surface area contributed by atoms with E-state index in [1.54, 1.807) is 0 Å². The van der Waals surface area contributed by atoms with E-state index in [0.717, 1.165) is 10.2 Å². The molecule has 0 radical (unpaired) electrons. The summed E-state index contributed by atoms with van der Waals surface area (Å²) in [5, 5.41) is 0. The lowest BCUT2D eigenvalue weighted by molar-refractivity contribution is -0.139. The maximum Gasteiger partial charge on any atom is 0.338 e.